The minimum atomic E-state index is -4.82. The lowest BCUT2D eigenvalue weighted by Crippen LogP contribution is -2.15. The second-order valence-electron chi connectivity index (χ2n) is 6.36. The number of hydrogen-bond donors (Lipinski definition) is 1. The van der Waals surface area contributed by atoms with Crippen molar-refractivity contribution in [3.63, 3.8) is 0 Å². The first-order valence-electron chi connectivity index (χ1n) is 8.89. The maximum absolute atomic E-state index is 12.3. The third-order valence-corrected chi connectivity index (χ3v) is 4.90. The molecule has 0 heterocycles. The molecule has 0 bridgehead atoms. The molecule has 0 fully saturated rings. The molecule has 156 valence electrons. The van der Waals surface area contributed by atoms with Crippen LogP contribution in [0.5, 0.6) is 0 Å². The molecule has 0 saturated heterocycles. The summed E-state index contributed by atoms with van der Waals surface area (Å²) in [5.74, 6) is -0.673. The molecule has 0 amide bonds. The van der Waals surface area contributed by atoms with Crippen LogP contribution in [0.25, 0.3) is 16.3 Å². The number of rotatable bonds is 7. The molecule has 3 aromatic carbocycles. The minimum Gasteiger partial charge on any atom is -0.503 e. The van der Waals surface area contributed by atoms with Crippen molar-refractivity contribution in [1.82, 2.24) is 0 Å². The Kier molecular flexibility index (Phi) is 6.51. The van der Waals surface area contributed by atoms with Crippen molar-refractivity contribution in [2.45, 2.75) is 6.10 Å². The van der Waals surface area contributed by atoms with Gasteiger partial charge in [0.2, 0.25) is 0 Å². The van der Waals surface area contributed by atoms with Gasteiger partial charge in [0.05, 0.1) is 20.5 Å². The van der Waals surface area contributed by atoms with Crippen LogP contribution in [0.4, 0.5) is 0 Å². The molecule has 1 unspecified atom stereocenters. The second kappa shape index (κ2) is 9.08. The van der Waals surface area contributed by atoms with E-state index in [2.05, 4.69) is 0 Å². The fraction of sp³-hybridized carbons (Fsp3) is 0.136. The van der Waals surface area contributed by atoms with E-state index in [9.17, 15) is 17.8 Å². The molecule has 7 nitrogen and oxygen atoms in total. The number of ether oxygens (including phenoxy) is 2. The van der Waals surface area contributed by atoms with Crippen LogP contribution in [0.3, 0.4) is 0 Å². The van der Waals surface area contributed by atoms with Crippen molar-refractivity contribution in [2.75, 3.05) is 14.2 Å². The monoisotopic (exact) mass is 428 g/mol. The molecule has 0 radical (unpaired) electrons. The van der Waals surface area contributed by atoms with Gasteiger partial charge in [-0.2, -0.15) is 8.42 Å². The van der Waals surface area contributed by atoms with Crippen LogP contribution in [0, 0.1) is 0 Å². The average molecular weight is 428 g/mol. The lowest BCUT2D eigenvalue weighted by molar-refractivity contribution is -0.133. The molecule has 0 aromatic heterocycles. The summed E-state index contributed by atoms with van der Waals surface area (Å²) in [6, 6.07) is 19.4. The Morgan fingerprint density at radius 3 is 2.30 bits per heavy atom. The average Bonchev–Trinajstić information content (AvgIpc) is 2.74. The lowest BCUT2D eigenvalue weighted by atomic mass is 9.92. The molecule has 0 aliphatic carbocycles. The zero-order valence-corrected chi connectivity index (χ0v) is 17.1. The number of carbonyl (C=O) groups excluding carboxylic acids is 1. The van der Waals surface area contributed by atoms with Crippen LogP contribution >= 0.6 is 0 Å². The van der Waals surface area contributed by atoms with Gasteiger partial charge in [-0.15, -0.1) is 0 Å². The number of hydrogen-bond acceptors (Lipinski definition) is 6. The summed E-state index contributed by atoms with van der Waals surface area (Å²) in [5, 5.41) is 1.81. The van der Waals surface area contributed by atoms with Gasteiger partial charge in [0.15, 0.2) is 0 Å². The van der Waals surface area contributed by atoms with Crippen LogP contribution in [0.15, 0.2) is 73.0 Å². The van der Waals surface area contributed by atoms with Gasteiger partial charge in [-0.05, 0) is 33.5 Å². The Hall–Kier alpha value is -3.20. The molecule has 0 spiro atoms. The van der Waals surface area contributed by atoms with Gasteiger partial charge in [-0.1, -0.05) is 60.7 Å². The van der Waals surface area contributed by atoms with E-state index in [-0.39, 0.29) is 5.57 Å². The van der Waals surface area contributed by atoms with Crippen LogP contribution in [0.1, 0.15) is 22.8 Å². The summed E-state index contributed by atoms with van der Waals surface area (Å²) < 4.78 is 47.6. The number of fused-ring (bicyclic) bond motifs is 1. The van der Waals surface area contributed by atoms with E-state index >= 15 is 0 Å². The van der Waals surface area contributed by atoms with E-state index in [4.69, 9.17) is 13.7 Å². The van der Waals surface area contributed by atoms with Crippen LogP contribution < -0.4 is 0 Å². The van der Waals surface area contributed by atoms with Gasteiger partial charge >= 0.3 is 16.4 Å². The molecule has 0 aliphatic heterocycles. The summed E-state index contributed by atoms with van der Waals surface area (Å²) >= 11 is 0. The van der Waals surface area contributed by atoms with Crippen molar-refractivity contribution >= 4 is 32.7 Å². The summed E-state index contributed by atoms with van der Waals surface area (Å²) in [4.78, 5) is 12.3. The number of esters is 1. The summed E-state index contributed by atoms with van der Waals surface area (Å²) in [6.45, 7) is 0. The molecule has 1 atom stereocenters. The SMILES string of the molecule is COC=C(C(=O)OC)c1ccccc1C(OS(=O)(=O)O)c1ccc2ccccc2c1. The van der Waals surface area contributed by atoms with E-state index in [0.717, 1.165) is 10.8 Å². The third-order valence-electron chi connectivity index (χ3n) is 4.47. The highest BCUT2D eigenvalue weighted by atomic mass is 32.3. The van der Waals surface area contributed by atoms with Gasteiger partial charge in [0.25, 0.3) is 0 Å². The second-order valence-corrected chi connectivity index (χ2v) is 7.40. The van der Waals surface area contributed by atoms with Crippen molar-refractivity contribution in [3.05, 3.63) is 89.7 Å². The zero-order chi connectivity index (χ0) is 21.7. The molecule has 3 aromatic rings. The molecular formula is C22H20O7S. The zero-order valence-electron chi connectivity index (χ0n) is 16.3. The Labute approximate surface area is 174 Å². The third kappa shape index (κ3) is 4.85. The van der Waals surface area contributed by atoms with E-state index in [1.165, 1.54) is 20.5 Å². The number of carbonyl (C=O) groups is 1. The molecule has 0 saturated carbocycles. The molecular weight excluding hydrogens is 408 g/mol. The maximum atomic E-state index is 12.3. The van der Waals surface area contributed by atoms with Crippen molar-refractivity contribution in [3.8, 4) is 0 Å². The number of benzene rings is 3. The largest absolute Gasteiger partial charge is 0.503 e. The van der Waals surface area contributed by atoms with Gasteiger partial charge in [-0.3, -0.25) is 4.55 Å². The van der Waals surface area contributed by atoms with Gasteiger partial charge in [-0.25, -0.2) is 8.98 Å². The Morgan fingerprint density at radius 1 is 0.967 bits per heavy atom. The van der Waals surface area contributed by atoms with E-state index < -0.39 is 22.5 Å². The quantitative estimate of drug-likeness (QED) is 0.264. The van der Waals surface area contributed by atoms with Gasteiger partial charge < -0.3 is 9.47 Å². The van der Waals surface area contributed by atoms with Gasteiger partial charge in [0.1, 0.15) is 11.7 Å². The molecule has 30 heavy (non-hydrogen) atoms. The first kappa shape index (κ1) is 21.5. The maximum Gasteiger partial charge on any atom is 0.398 e. The Morgan fingerprint density at radius 2 is 1.63 bits per heavy atom. The molecule has 3 rings (SSSR count). The predicted molar refractivity (Wildman–Crippen MR) is 112 cm³/mol. The Bertz CT molecular complexity index is 1200. The fourth-order valence-electron chi connectivity index (χ4n) is 3.20. The fourth-order valence-corrected chi connectivity index (χ4v) is 3.66. The van der Waals surface area contributed by atoms with Crippen LogP contribution in [-0.4, -0.2) is 33.2 Å². The van der Waals surface area contributed by atoms with E-state index in [1.54, 1.807) is 36.4 Å². The topological polar surface area (TPSA) is 99.1 Å². The minimum absolute atomic E-state index is 0.0697. The lowest BCUT2D eigenvalue weighted by Gasteiger charge is -2.21. The molecule has 1 N–H and O–H groups in total. The number of methoxy groups -OCH3 is 2. The summed E-state index contributed by atoms with van der Waals surface area (Å²) in [6.07, 6.45) is -0.0130. The van der Waals surface area contributed by atoms with Crippen LogP contribution in [0.2, 0.25) is 0 Å². The van der Waals surface area contributed by atoms with E-state index in [0.29, 0.717) is 16.7 Å². The predicted octanol–water partition coefficient (Wildman–Crippen LogP) is 3.91. The van der Waals surface area contributed by atoms with Crippen molar-refractivity contribution < 1.29 is 31.4 Å². The highest BCUT2D eigenvalue weighted by Crippen LogP contribution is 2.35. The van der Waals surface area contributed by atoms with Crippen molar-refractivity contribution in [1.29, 1.82) is 0 Å². The highest BCUT2D eigenvalue weighted by Gasteiger charge is 2.27. The first-order chi connectivity index (χ1) is 14.3. The van der Waals surface area contributed by atoms with E-state index in [1.807, 2.05) is 30.3 Å². The smallest absolute Gasteiger partial charge is 0.398 e. The van der Waals surface area contributed by atoms with Gasteiger partial charge in [0, 0.05) is 0 Å². The molecule has 8 heteroatoms. The van der Waals surface area contributed by atoms with Crippen molar-refractivity contribution in [2.24, 2.45) is 0 Å². The standard InChI is InChI=1S/C22H20O7S/c1-27-14-20(22(23)28-2)18-9-5-6-10-19(18)21(29-30(24,25)26)17-12-11-15-7-3-4-8-16(15)13-17/h3-14,21H,1-2H3,(H,24,25,26). The normalized spacial score (nSPS) is 13.1. The van der Waals surface area contributed by atoms with Crippen LogP contribution in [-0.2, 0) is 28.9 Å². The summed E-state index contributed by atoms with van der Waals surface area (Å²) in [7, 11) is -2.22. The first-order valence-corrected chi connectivity index (χ1v) is 10.3. The highest BCUT2D eigenvalue weighted by molar-refractivity contribution is 7.80. The summed E-state index contributed by atoms with van der Waals surface area (Å²) in [5.41, 5.74) is 1.22. The molecule has 0 aliphatic rings. The Balaban J connectivity index is 2.22.